The third-order valence-electron chi connectivity index (χ3n) is 8.26. The van der Waals surface area contributed by atoms with Crippen molar-refractivity contribution in [3.05, 3.63) is 84.5 Å². The van der Waals surface area contributed by atoms with Gasteiger partial charge >= 0.3 is 11.1 Å². The van der Waals surface area contributed by atoms with E-state index in [1.807, 2.05) is 19.9 Å². The van der Waals surface area contributed by atoms with Gasteiger partial charge in [-0.05, 0) is 78.3 Å². The summed E-state index contributed by atoms with van der Waals surface area (Å²) in [5, 5.41) is 9.02. The zero-order valence-corrected chi connectivity index (χ0v) is 27.7. The Balaban J connectivity index is 1.58. The van der Waals surface area contributed by atoms with Crippen LogP contribution < -0.4 is 46.7 Å². The summed E-state index contributed by atoms with van der Waals surface area (Å²) in [6, 6.07) is 10.2. The van der Waals surface area contributed by atoms with E-state index in [9.17, 15) is 24.0 Å². The van der Waals surface area contributed by atoms with Crippen LogP contribution in [0, 0.1) is 5.92 Å². The minimum absolute atomic E-state index is 0.0818. The molecular formula is C35H39N5O8. The fraction of sp³-hybridized carbons (Fsp3) is 0.343. The number of amides is 2. The summed E-state index contributed by atoms with van der Waals surface area (Å²) in [6.45, 7) is 5.36. The van der Waals surface area contributed by atoms with Crippen molar-refractivity contribution in [3.63, 3.8) is 0 Å². The SMILES string of the molecule is COc1cc2c(c(OC)c1OC)-c1ccc(N[C@H](CC(C)C)C(=O)Nc3ccc4[nH]c(=O)c(=O)[nH]c4c3)c(=O)cc1[C@@H](NC(C)=O)CC2. The molecule has 0 saturated heterocycles. The lowest BCUT2D eigenvalue weighted by Gasteiger charge is -2.21. The Morgan fingerprint density at radius 1 is 0.896 bits per heavy atom. The molecule has 1 heterocycles. The van der Waals surface area contributed by atoms with Gasteiger partial charge in [0, 0.05) is 18.2 Å². The Morgan fingerprint density at radius 3 is 2.25 bits per heavy atom. The predicted octanol–water partition coefficient (Wildman–Crippen LogP) is 3.86. The average molecular weight is 658 g/mol. The second-order valence-electron chi connectivity index (χ2n) is 12.1. The third-order valence-corrected chi connectivity index (χ3v) is 8.26. The van der Waals surface area contributed by atoms with Gasteiger partial charge in [0.05, 0.1) is 44.1 Å². The molecule has 0 unspecified atom stereocenters. The van der Waals surface area contributed by atoms with Crippen LogP contribution in [0.1, 0.15) is 50.8 Å². The highest BCUT2D eigenvalue weighted by Crippen LogP contribution is 2.50. The lowest BCUT2D eigenvalue weighted by atomic mass is 9.95. The van der Waals surface area contributed by atoms with E-state index in [0.717, 1.165) is 5.56 Å². The molecule has 0 bridgehead atoms. The van der Waals surface area contributed by atoms with Gasteiger partial charge in [-0.15, -0.1) is 0 Å². The second kappa shape index (κ2) is 14.0. The molecule has 0 fully saturated rings. The summed E-state index contributed by atoms with van der Waals surface area (Å²) in [4.78, 5) is 68.4. The van der Waals surface area contributed by atoms with E-state index in [0.29, 0.717) is 69.9 Å². The molecule has 0 aliphatic heterocycles. The minimum Gasteiger partial charge on any atom is -0.493 e. The largest absolute Gasteiger partial charge is 0.493 e. The third kappa shape index (κ3) is 6.89. The number of hydrogen-bond acceptors (Lipinski definition) is 9. The fourth-order valence-corrected chi connectivity index (χ4v) is 6.14. The van der Waals surface area contributed by atoms with Crippen molar-refractivity contribution < 1.29 is 23.8 Å². The normalized spacial score (nSPS) is 14.3. The van der Waals surface area contributed by atoms with E-state index >= 15 is 0 Å². The number of anilines is 2. The van der Waals surface area contributed by atoms with Gasteiger partial charge in [-0.1, -0.05) is 19.9 Å². The van der Waals surface area contributed by atoms with E-state index in [1.54, 1.807) is 37.4 Å². The standard InChI is InChI=1S/C35H39N5O8/c1-17(2)13-27(33(43)37-20-8-11-24-26(15-20)40-35(45)34(44)39-24)38-25-12-9-21-22(16-28(25)42)23(36-18(3)41)10-7-19-14-29(46-4)31(47-5)32(48-6)30(19)21/h8-9,11-12,14-17,23,27H,7,10,13H2,1-6H3,(H,36,41)(H,37,43)(H,38,42)(H,39,44)(H,40,45)/t23-,27+/m0/s1. The maximum atomic E-state index is 13.9. The number of methoxy groups -OCH3 is 3. The van der Waals surface area contributed by atoms with Crippen LogP contribution in [0.25, 0.3) is 22.2 Å². The van der Waals surface area contributed by atoms with Crippen LogP contribution in [0.5, 0.6) is 17.2 Å². The molecule has 5 N–H and O–H groups in total. The van der Waals surface area contributed by atoms with E-state index in [1.165, 1.54) is 27.2 Å². The maximum absolute atomic E-state index is 13.9. The lowest BCUT2D eigenvalue weighted by Crippen LogP contribution is -2.37. The number of hydrogen-bond donors (Lipinski definition) is 5. The highest BCUT2D eigenvalue weighted by atomic mass is 16.5. The van der Waals surface area contributed by atoms with Crippen LogP contribution in [0.4, 0.5) is 11.4 Å². The lowest BCUT2D eigenvalue weighted by molar-refractivity contribution is -0.120. The van der Waals surface area contributed by atoms with Crippen LogP contribution in [0.15, 0.2) is 56.8 Å². The first-order valence-electron chi connectivity index (χ1n) is 15.5. The maximum Gasteiger partial charge on any atom is 0.314 e. The van der Waals surface area contributed by atoms with Gasteiger partial charge in [0.25, 0.3) is 0 Å². The summed E-state index contributed by atoms with van der Waals surface area (Å²) in [5.41, 5.74) is 2.26. The molecule has 3 aromatic carbocycles. The highest BCUT2D eigenvalue weighted by Gasteiger charge is 2.30. The van der Waals surface area contributed by atoms with Gasteiger partial charge in [0.1, 0.15) is 6.04 Å². The molecule has 1 aromatic heterocycles. The second-order valence-corrected chi connectivity index (χ2v) is 12.1. The molecule has 1 aliphatic carbocycles. The molecule has 0 radical (unpaired) electrons. The highest BCUT2D eigenvalue weighted by molar-refractivity contribution is 5.98. The van der Waals surface area contributed by atoms with Gasteiger partial charge in [-0.2, -0.15) is 0 Å². The topological polar surface area (TPSA) is 181 Å². The first kappa shape index (κ1) is 33.8. The first-order valence-corrected chi connectivity index (χ1v) is 15.5. The molecule has 0 spiro atoms. The van der Waals surface area contributed by atoms with Crippen LogP contribution in [-0.4, -0.2) is 49.2 Å². The van der Waals surface area contributed by atoms with E-state index in [-0.39, 0.29) is 22.9 Å². The molecular weight excluding hydrogens is 618 g/mol. The molecule has 0 saturated carbocycles. The van der Waals surface area contributed by atoms with Crippen molar-refractivity contribution in [1.29, 1.82) is 0 Å². The quantitative estimate of drug-likeness (QED) is 0.158. The van der Waals surface area contributed by atoms with Crippen molar-refractivity contribution in [2.24, 2.45) is 5.92 Å². The molecule has 252 valence electrons. The first-order chi connectivity index (χ1) is 22.9. The average Bonchev–Trinajstić information content (AvgIpc) is 3.28. The fourth-order valence-electron chi connectivity index (χ4n) is 6.14. The summed E-state index contributed by atoms with van der Waals surface area (Å²) < 4.78 is 17.1. The number of aryl methyl sites for hydroxylation is 1. The van der Waals surface area contributed by atoms with Gasteiger partial charge in [-0.25, -0.2) is 0 Å². The van der Waals surface area contributed by atoms with Gasteiger partial charge < -0.3 is 40.1 Å². The minimum atomic E-state index is -0.817. The monoisotopic (exact) mass is 657 g/mol. The van der Waals surface area contributed by atoms with E-state index < -0.39 is 29.1 Å². The molecule has 13 nitrogen and oxygen atoms in total. The number of nitrogens with one attached hydrogen (secondary N) is 5. The molecule has 4 aromatic rings. The van der Waals surface area contributed by atoms with Crippen molar-refractivity contribution in [2.75, 3.05) is 32.0 Å². The zero-order valence-electron chi connectivity index (χ0n) is 27.7. The number of fused-ring (bicyclic) bond motifs is 4. The Hall–Kier alpha value is -5.59. The van der Waals surface area contributed by atoms with Gasteiger partial charge in [0.15, 0.2) is 11.5 Å². The number of H-pyrrole nitrogens is 2. The van der Waals surface area contributed by atoms with Crippen molar-refractivity contribution in [3.8, 4) is 28.4 Å². The molecule has 2 amide bonds. The van der Waals surface area contributed by atoms with Crippen LogP contribution >= 0.6 is 0 Å². The number of benzene rings is 2. The van der Waals surface area contributed by atoms with Crippen molar-refractivity contribution in [2.45, 2.75) is 52.1 Å². The molecule has 5 rings (SSSR count). The number of carbonyl (C=O) groups excluding carboxylic acids is 2. The Morgan fingerprint density at radius 2 is 1.60 bits per heavy atom. The number of aromatic nitrogens is 2. The summed E-state index contributed by atoms with van der Waals surface area (Å²) in [5.74, 6) is 0.762. The molecule has 2 atom stereocenters. The Bertz CT molecular complexity index is 2070. The van der Waals surface area contributed by atoms with Gasteiger partial charge in [-0.3, -0.25) is 24.0 Å². The Labute approximate surface area is 276 Å². The molecule has 48 heavy (non-hydrogen) atoms. The van der Waals surface area contributed by atoms with Crippen LogP contribution in [-0.2, 0) is 16.0 Å². The number of carbonyl (C=O) groups is 2. The summed E-state index contributed by atoms with van der Waals surface area (Å²) >= 11 is 0. The Kier molecular flexibility index (Phi) is 9.87. The van der Waals surface area contributed by atoms with Gasteiger partial charge in [0.2, 0.25) is 23.0 Å². The zero-order chi connectivity index (χ0) is 34.7. The van der Waals surface area contributed by atoms with Crippen molar-refractivity contribution >= 4 is 34.2 Å². The smallest absolute Gasteiger partial charge is 0.314 e. The summed E-state index contributed by atoms with van der Waals surface area (Å²) in [7, 11) is 4.60. The number of rotatable bonds is 10. The number of ether oxygens (including phenoxy) is 3. The van der Waals surface area contributed by atoms with Crippen molar-refractivity contribution in [1.82, 2.24) is 15.3 Å². The number of aromatic amines is 2. The molecule has 1 aliphatic rings. The van der Waals surface area contributed by atoms with Crippen LogP contribution in [0.2, 0.25) is 0 Å². The molecule has 13 heteroatoms. The van der Waals surface area contributed by atoms with E-state index in [4.69, 9.17) is 14.2 Å². The van der Waals surface area contributed by atoms with Crippen LogP contribution in [0.3, 0.4) is 0 Å². The summed E-state index contributed by atoms with van der Waals surface area (Å²) in [6.07, 6.45) is 1.46. The predicted molar refractivity (Wildman–Crippen MR) is 183 cm³/mol. The van der Waals surface area contributed by atoms with E-state index in [2.05, 4.69) is 25.9 Å².